The van der Waals surface area contributed by atoms with Gasteiger partial charge in [-0.2, -0.15) is 0 Å². The molecule has 0 saturated carbocycles. The molecule has 3 aromatic rings. The van der Waals surface area contributed by atoms with Gasteiger partial charge in [-0.15, -0.1) is 0 Å². The van der Waals surface area contributed by atoms with Gasteiger partial charge in [-0.25, -0.2) is 8.42 Å². The fourth-order valence-electron chi connectivity index (χ4n) is 3.03. The van der Waals surface area contributed by atoms with Crippen LogP contribution in [0, 0.1) is 0 Å². The zero-order chi connectivity index (χ0) is 23.1. The van der Waals surface area contributed by atoms with Gasteiger partial charge in [-0.1, -0.05) is 18.2 Å². The number of anilines is 1. The van der Waals surface area contributed by atoms with Crippen molar-refractivity contribution in [2.45, 2.75) is 11.4 Å². The molecule has 8 nitrogen and oxygen atoms in total. The lowest BCUT2D eigenvalue weighted by Crippen LogP contribution is -2.23. The fourth-order valence-corrected chi connectivity index (χ4v) is 4.10. The number of nitrogens with one attached hydrogen (secondary N) is 2. The number of ether oxygens (including phenoxy) is 3. The highest BCUT2D eigenvalue weighted by Crippen LogP contribution is 2.38. The van der Waals surface area contributed by atoms with Gasteiger partial charge in [0, 0.05) is 17.8 Å². The van der Waals surface area contributed by atoms with E-state index in [1.807, 2.05) is 0 Å². The van der Waals surface area contributed by atoms with Crippen LogP contribution in [0.4, 0.5) is 5.69 Å². The van der Waals surface area contributed by atoms with Gasteiger partial charge < -0.3 is 19.5 Å². The quantitative estimate of drug-likeness (QED) is 0.511. The van der Waals surface area contributed by atoms with Crippen molar-refractivity contribution in [1.29, 1.82) is 0 Å². The number of hydrogen-bond donors (Lipinski definition) is 2. The van der Waals surface area contributed by atoms with Crippen LogP contribution in [-0.4, -0.2) is 35.7 Å². The molecule has 3 aromatic carbocycles. The predicted octanol–water partition coefficient (Wildman–Crippen LogP) is 3.44. The van der Waals surface area contributed by atoms with E-state index < -0.39 is 10.0 Å². The number of rotatable bonds is 9. The second-order valence-electron chi connectivity index (χ2n) is 6.71. The SMILES string of the molecule is COc1cc(CNC(=O)c2ccc(NS(=O)(=O)c3ccccc3)cc2)cc(OC)c1OC. The molecule has 1 amide bonds. The lowest BCUT2D eigenvalue weighted by atomic mass is 10.1. The third-order valence-corrected chi connectivity index (χ3v) is 6.03. The third kappa shape index (κ3) is 5.30. The molecule has 0 aliphatic heterocycles. The highest BCUT2D eigenvalue weighted by molar-refractivity contribution is 7.92. The number of amides is 1. The van der Waals surface area contributed by atoms with Gasteiger partial charge in [-0.3, -0.25) is 9.52 Å². The first-order valence-electron chi connectivity index (χ1n) is 9.63. The Balaban J connectivity index is 1.67. The topological polar surface area (TPSA) is 103 Å². The monoisotopic (exact) mass is 456 g/mol. The van der Waals surface area contributed by atoms with Gasteiger partial charge >= 0.3 is 0 Å². The van der Waals surface area contributed by atoms with Gasteiger partial charge in [0.1, 0.15) is 0 Å². The van der Waals surface area contributed by atoms with Crippen LogP contribution in [0.2, 0.25) is 0 Å². The summed E-state index contributed by atoms with van der Waals surface area (Å²) in [6, 6.07) is 17.7. The summed E-state index contributed by atoms with van der Waals surface area (Å²) in [6.45, 7) is 0.234. The summed E-state index contributed by atoms with van der Waals surface area (Å²) >= 11 is 0. The van der Waals surface area contributed by atoms with E-state index in [-0.39, 0.29) is 17.3 Å². The molecule has 0 heterocycles. The van der Waals surface area contributed by atoms with Gasteiger partial charge in [-0.05, 0) is 54.1 Å². The van der Waals surface area contributed by atoms with Crippen molar-refractivity contribution in [3.63, 3.8) is 0 Å². The van der Waals surface area contributed by atoms with Crippen molar-refractivity contribution in [1.82, 2.24) is 5.32 Å². The van der Waals surface area contributed by atoms with Gasteiger partial charge in [0.25, 0.3) is 15.9 Å². The van der Waals surface area contributed by atoms with E-state index >= 15 is 0 Å². The van der Waals surface area contributed by atoms with Crippen molar-refractivity contribution in [2.24, 2.45) is 0 Å². The van der Waals surface area contributed by atoms with Crippen LogP contribution < -0.4 is 24.2 Å². The molecule has 0 spiro atoms. The van der Waals surface area contributed by atoms with Crippen LogP contribution in [0.1, 0.15) is 15.9 Å². The fraction of sp³-hybridized carbons (Fsp3) is 0.174. The van der Waals surface area contributed by atoms with E-state index in [2.05, 4.69) is 10.0 Å². The molecule has 0 unspecified atom stereocenters. The maximum Gasteiger partial charge on any atom is 0.261 e. The predicted molar refractivity (Wildman–Crippen MR) is 121 cm³/mol. The van der Waals surface area contributed by atoms with Crippen molar-refractivity contribution in [3.8, 4) is 17.2 Å². The van der Waals surface area contributed by atoms with Crippen molar-refractivity contribution in [3.05, 3.63) is 77.9 Å². The normalized spacial score (nSPS) is 10.8. The number of carbonyl (C=O) groups excluding carboxylic acids is 1. The summed E-state index contributed by atoms with van der Waals surface area (Å²) in [4.78, 5) is 12.7. The lowest BCUT2D eigenvalue weighted by Gasteiger charge is -2.14. The Hall–Kier alpha value is -3.72. The van der Waals surface area contributed by atoms with Crippen LogP contribution in [0.25, 0.3) is 0 Å². The highest BCUT2D eigenvalue weighted by Gasteiger charge is 2.15. The summed E-state index contributed by atoms with van der Waals surface area (Å²) < 4.78 is 43.3. The Morgan fingerprint density at radius 2 is 1.44 bits per heavy atom. The molecule has 0 aliphatic carbocycles. The first-order chi connectivity index (χ1) is 15.4. The Morgan fingerprint density at radius 1 is 0.844 bits per heavy atom. The largest absolute Gasteiger partial charge is 0.493 e. The number of benzene rings is 3. The second kappa shape index (κ2) is 10.1. The maximum atomic E-state index is 12.5. The Kier molecular flexibility index (Phi) is 7.21. The van der Waals surface area contributed by atoms with Crippen LogP contribution in [0.3, 0.4) is 0 Å². The third-order valence-electron chi connectivity index (χ3n) is 4.63. The zero-order valence-corrected chi connectivity index (χ0v) is 18.7. The first kappa shape index (κ1) is 23.0. The minimum Gasteiger partial charge on any atom is -0.493 e. The summed E-state index contributed by atoms with van der Waals surface area (Å²) in [5.74, 6) is 1.15. The molecule has 9 heteroatoms. The molecule has 168 valence electrons. The minimum atomic E-state index is -3.70. The molecule has 32 heavy (non-hydrogen) atoms. The second-order valence-corrected chi connectivity index (χ2v) is 8.39. The first-order valence-corrected chi connectivity index (χ1v) is 11.1. The molecular formula is C23H24N2O6S. The van der Waals surface area contributed by atoms with E-state index in [1.165, 1.54) is 45.6 Å². The number of carbonyl (C=O) groups is 1. The summed E-state index contributed by atoms with van der Waals surface area (Å²) in [7, 11) is 0.865. The van der Waals surface area contributed by atoms with Crippen LogP contribution in [0.5, 0.6) is 17.2 Å². The van der Waals surface area contributed by atoms with E-state index in [0.717, 1.165) is 5.56 Å². The van der Waals surface area contributed by atoms with Crippen LogP contribution in [0.15, 0.2) is 71.6 Å². The van der Waals surface area contributed by atoms with Crippen molar-refractivity contribution >= 4 is 21.6 Å². The molecule has 0 radical (unpaired) electrons. The molecule has 0 saturated heterocycles. The standard InChI is InChI=1S/C23H24N2O6S/c1-29-20-13-16(14-21(30-2)22(20)31-3)15-24-23(26)17-9-11-18(12-10-17)25-32(27,28)19-7-5-4-6-8-19/h4-14,25H,15H2,1-3H3,(H,24,26). The average Bonchev–Trinajstić information content (AvgIpc) is 2.82. The lowest BCUT2D eigenvalue weighted by molar-refractivity contribution is 0.0951. The Labute approximate surface area is 187 Å². The van der Waals surface area contributed by atoms with Crippen molar-refractivity contribution in [2.75, 3.05) is 26.1 Å². The van der Waals surface area contributed by atoms with Crippen LogP contribution >= 0.6 is 0 Å². The van der Waals surface area contributed by atoms with E-state index in [0.29, 0.717) is 28.5 Å². The molecule has 0 bridgehead atoms. The van der Waals surface area contributed by atoms with E-state index in [4.69, 9.17) is 14.2 Å². The maximum absolute atomic E-state index is 12.5. The molecule has 0 aliphatic rings. The van der Waals surface area contributed by atoms with E-state index in [1.54, 1.807) is 42.5 Å². The summed E-state index contributed by atoms with van der Waals surface area (Å²) in [5, 5.41) is 2.82. The molecule has 3 rings (SSSR count). The highest BCUT2D eigenvalue weighted by atomic mass is 32.2. The molecule has 0 aromatic heterocycles. The molecular weight excluding hydrogens is 432 g/mol. The minimum absolute atomic E-state index is 0.159. The summed E-state index contributed by atoms with van der Waals surface area (Å²) in [5.41, 5.74) is 1.51. The zero-order valence-electron chi connectivity index (χ0n) is 17.9. The van der Waals surface area contributed by atoms with Crippen LogP contribution in [-0.2, 0) is 16.6 Å². The van der Waals surface area contributed by atoms with Crippen molar-refractivity contribution < 1.29 is 27.4 Å². The number of hydrogen-bond acceptors (Lipinski definition) is 6. The summed E-state index contributed by atoms with van der Waals surface area (Å²) in [6.07, 6.45) is 0. The Bertz CT molecular complexity index is 1150. The molecule has 2 N–H and O–H groups in total. The average molecular weight is 457 g/mol. The molecule has 0 fully saturated rings. The number of sulfonamides is 1. The Morgan fingerprint density at radius 3 is 1.97 bits per heavy atom. The van der Waals surface area contributed by atoms with Gasteiger partial charge in [0.15, 0.2) is 11.5 Å². The number of methoxy groups -OCH3 is 3. The smallest absolute Gasteiger partial charge is 0.261 e. The van der Waals surface area contributed by atoms with Gasteiger partial charge in [0.05, 0.1) is 26.2 Å². The van der Waals surface area contributed by atoms with E-state index in [9.17, 15) is 13.2 Å². The van der Waals surface area contributed by atoms with Gasteiger partial charge in [0.2, 0.25) is 5.75 Å². The molecule has 0 atom stereocenters.